The number of hydrogen-bond acceptors (Lipinski definition) is 4. The first-order valence-corrected chi connectivity index (χ1v) is 6.35. The fourth-order valence-corrected chi connectivity index (χ4v) is 1.60. The molecule has 5 nitrogen and oxygen atoms in total. The molecule has 0 bridgehead atoms. The highest BCUT2D eigenvalue weighted by molar-refractivity contribution is 5.84. The highest BCUT2D eigenvalue weighted by Gasteiger charge is 2.11. The normalized spacial score (nSPS) is 11.8. The van der Waals surface area contributed by atoms with Crippen molar-refractivity contribution in [1.29, 1.82) is 0 Å². The lowest BCUT2D eigenvalue weighted by Gasteiger charge is -2.17. The standard InChI is InChI=1S/C14H23N3O2/c1-11(14(18)15-9-10-19-4)16-12-5-7-13(8-6-12)17(2)3/h5-8,11,16H,9-10H2,1-4H3,(H,15,18). The summed E-state index contributed by atoms with van der Waals surface area (Å²) in [5.41, 5.74) is 2.06. The lowest BCUT2D eigenvalue weighted by Crippen LogP contribution is -2.39. The highest BCUT2D eigenvalue weighted by atomic mass is 16.5. The molecule has 5 heteroatoms. The first-order valence-electron chi connectivity index (χ1n) is 6.35. The second-order valence-corrected chi connectivity index (χ2v) is 4.59. The largest absolute Gasteiger partial charge is 0.383 e. The average Bonchev–Trinajstić information content (AvgIpc) is 2.39. The number of nitrogens with one attached hydrogen (secondary N) is 2. The molecule has 1 amide bonds. The van der Waals surface area contributed by atoms with Crippen LogP contribution in [-0.2, 0) is 9.53 Å². The van der Waals surface area contributed by atoms with E-state index in [1.54, 1.807) is 7.11 Å². The molecule has 1 aromatic rings. The second-order valence-electron chi connectivity index (χ2n) is 4.59. The molecule has 0 fully saturated rings. The van der Waals surface area contributed by atoms with E-state index in [4.69, 9.17) is 4.74 Å². The van der Waals surface area contributed by atoms with Crippen molar-refractivity contribution in [3.05, 3.63) is 24.3 Å². The van der Waals surface area contributed by atoms with Crippen LogP contribution in [-0.4, -0.2) is 46.3 Å². The number of anilines is 2. The Kier molecular flexibility index (Phi) is 6.15. The molecule has 0 aliphatic heterocycles. The Labute approximate surface area is 114 Å². The minimum Gasteiger partial charge on any atom is -0.383 e. The van der Waals surface area contributed by atoms with Crippen molar-refractivity contribution >= 4 is 17.3 Å². The average molecular weight is 265 g/mol. The predicted octanol–water partition coefficient (Wildman–Crippen LogP) is 1.32. The SMILES string of the molecule is COCCNC(=O)C(C)Nc1ccc(N(C)C)cc1. The summed E-state index contributed by atoms with van der Waals surface area (Å²) < 4.78 is 4.89. The lowest BCUT2D eigenvalue weighted by atomic mass is 10.2. The lowest BCUT2D eigenvalue weighted by molar-refractivity contribution is -0.121. The third kappa shape index (κ3) is 5.18. The first kappa shape index (κ1) is 15.3. The van der Waals surface area contributed by atoms with Gasteiger partial charge in [0, 0.05) is 39.1 Å². The number of benzene rings is 1. The number of hydrogen-bond donors (Lipinski definition) is 2. The van der Waals surface area contributed by atoms with Crippen molar-refractivity contribution in [2.24, 2.45) is 0 Å². The van der Waals surface area contributed by atoms with E-state index in [9.17, 15) is 4.79 Å². The summed E-state index contributed by atoms with van der Waals surface area (Å²) in [6.45, 7) is 2.89. The zero-order chi connectivity index (χ0) is 14.3. The molecule has 0 spiro atoms. The van der Waals surface area contributed by atoms with Crippen LogP contribution in [0.5, 0.6) is 0 Å². The molecule has 1 aromatic carbocycles. The van der Waals surface area contributed by atoms with E-state index in [0.717, 1.165) is 11.4 Å². The Morgan fingerprint density at radius 3 is 2.47 bits per heavy atom. The van der Waals surface area contributed by atoms with E-state index in [0.29, 0.717) is 13.2 Å². The summed E-state index contributed by atoms with van der Waals surface area (Å²) in [5.74, 6) is -0.0336. The molecule has 106 valence electrons. The number of nitrogens with zero attached hydrogens (tertiary/aromatic N) is 1. The molecule has 0 saturated heterocycles. The van der Waals surface area contributed by atoms with Gasteiger partial charge in [0.25, 0.3) is 0 Å². The van der Waals surface area contributed by atoms with Crippen LogP contribution in [0, 0.1) is 0 Å². The first-order chi connectivity index (χ1) is 9.04. The van der Waals surface area contributed by atoms with Crippen molar-refractivity contribution in [3.8, 4) is 0 Å². The van der Waals surface area contributed by atoms with Crippen LogP contribution in [0.15, 0.2) is 24.3 Å². The number of ether oxygens (including phenoxy) is 1. The van der Waals surface area contributed by atoms with Crippen LogP contribution in [0.3, 0.4) is 0 Å². The fourth-order valence-electron chi connectivity index (χ4n) is 1.60. The van der Waals surface area contributed by atoms with Gasteiger partial charge in [-0.05, 0) is 31.2 Å². The van der Waals surface area contributed by atoms with Gasteiger partial charge in [0.1, 0.15) is 6.04 Å². The monoisotopic (exact) mass is 265 g/mol. The molecular weight excluding hydrogens is 242 g/mol. The summed E-state index contributed by atoms with van der Waals surface area (Å²) in [5, 5.41) is 5.96. The number of carbonyl (C=O) groups is 1. The maximum Gasteiger partial charge on any atom is 0.242 e. The van der Waals surface area contributed by atoms with Crippen LogP contribution in [0.2, 0.25) is 0 Å². The molecule has 0 saturated carbocycles. The molecule has 0 aromatic heterocycles. The summed E-state index contributed by atoms with van der Waals surface area (Å²) in [7, 11) is 5.60. The molecule has 0 heterocycles. The maximum atomic E-state index is 11.8. The molecule has 1 rings (SSSR count). The van der Waals surface area contributed by atoms with Gasteiger partial charge >= 0.3 is 0 Å². The molecule has 2 N–H and O–H groups in total. The molecule has 19 heavy (non-hydrogen) atoms. The van der Waals surface area contributed by atoms with Crippen LogP contribution in [0.4, 0.5) is 11.4 Å². The Morgan fingerprint density at radius 1 is 1.32 bits per heavy atom. The topological polar surface area (TPSA) is 53.6 Å². The third-order valence-electron chi connectivity index (χ3n) is 2.77. The molecule has 0 aliphatic carbocycles. The molecular formula is C14H23N3O2. The minimum atomic E-state index is -0.276. The highest BCUT2D eigenvalue weighted by Crippen LogP contribution is 2.16. The zero-order valence-electron chi connectivity index (χ0n) is 12.1. The third-order valence-corrected chi connectivity index (χ3v) is 2.77. The summed E-state index contributed by atoms with van der Waals surface area (Å²) in [6.07, 6.45) is 0. The maximum absolute atomic E-state index is 11.8. The van der Waals surface area contributed by atoms with Gasteiger partial charge in [0.05, 0.1) is 6.61 Å². The molecule has 0 aliphatic rings. The van der Waals surface area contributed by atoms with E-state index in [1.807, 2.05) is 50.2 Å². The quantitative estimate of drug-likeness (QED) is 0.730. The zero-order valence-corrected chi connectivity index (χ0v) is 12.1. The fraction of sp³-hybridized carbons (Fsp3) is 0.500. The van der Waals surface area contributed by atoms with Gasteiger partial charge in [0.2, 0.25) is 5.91 Å². The number of amides is 1. The van der Waals surface area contributed by atoms with E-state index in [-0.39, 0.29) is 11.9 Å². The Morgan fingerprint density at radius 2 is 1.95 bits per heavy atom. The number of methoxy groups -OCH3 is 1. The summed E-state index contributed by atoms with van der Waals surface area (Å²) in [6, 6.07) is 7.68. The predicted molar refractivity (Wildman–Crippen MR) is 78.7 cm³/mol. The molecule has 0 radical (unpaired) electrons. The Bertz CT molecular complexity index is 390. The van der Waals surface area contributed by atoms with Crippen molar-refractivity contribution in [2.45, 2.75) is 13.0 Å². The molecule has 1 atom stereocenters. The second kappa shape index (κ2) is 7.63. The van der Waals surface area contributed by atoms with Gasteiger partial charge in [-0.25, -0.2) is 0 Å². The van der Waals surface area contributed by atoms with E-state index in [2.05, 4.69) is 10.6 Å². The van der Waals surface area contributed by atoms with E-state index < -0.39 is 0 Å². The van der Waals surface area contributed by atoms with E-state index >= 15 is 0 Å². The minimum absolute atomic E-state index is 0.0336. The van der Waals surface area contributed by atoms with Gasteiger partial charge in [-0.1, -0.05) is 0 Å². The molecule has 1 unspecified atom stereocenters. The van der Waals surface area contributed by atoms with Crippen LogP contribution < -0.4 is 15.5 Å². The van der Waals surface area contributed by atoms with Gasteiger partial charge in [-0.3, -0.25) is 4.79 Å². The Balaban J connectivity index is 2.47. The van der Waals surface area contributed by atoms with E-state index in [1.165, 1.54) is 0 Å². The smallest absolute Gasteiger partial charge is 0.242 e. The van der Waals surface area contributed by atoms with Crippen LogP contribution in [0.25, 0.3) is 0 Å². The van der Waals surface area contributed by atoms with Gasteiger partial charge in [-0.2, -0.15) is 0 Å². The Hall–Kier alpha value is -1.75. The van der Waals surface area contributed by atoms with Crippen molar-refractivity contribution in [2.75, 3.05) is 44.6 Å². The van der Waals surface area contributed by atoms with Gasteiger partial charge in [-0.15, -0.1) is 0 Å². The van der Waals surface area contributed by atoms with Gasteiger partial charge < -0.3 is 20.3 Å². The number of carbonyl (C=O) groups excluding carboxylic acids is 1. The van der Waals surface area contributed by atoms with Crippen LogP contribution in [0.1, 0.15) is 6.92 Å². The van der Waals surface area contributed by atoms with Crippen molar-refractivity contribution in [1.82, 2.24) is 5.32 Å². The van der Waals surface area contributed by atoms with Crippen molar-refractivity contribution < 1.29 is 9.53 Å². The van der Waals surface area contributed by atoms with Gasteiger partial charge in [0.15, 0.2) is 0 Å². The van der Waals surface area contributed by atoms with Crippen molar-refractivity contribution in [3.63, 3.8) is 0 Å². The number of rotatable bonds is 7. The summed E-state index contributed by atoms with van der Waals surface area (Å²) in [4.78, 5) is 13.8. The van der Waals surface area contributed by atoms with Crippen LogP contribution >= 0.6 is 0 Å². The summed E-state index contributed by atoms with van der Waals surface area (Å²) >= 11 is 0.